The summed E-state index contributed by atoms with van der Waals surface area (Å²) in [5, 5.41) is 9.15. The second-order valence-electron chi connectivity index (χ2n) is 5.30. The number of methoxy groups -OCH3 is 1. The summed E-state index contributed by atoms with van der Waals surface area (Å²) in [6.07, 6.45) is 0. The first-order valence-corrected chi connectivity index (χ1v) is 9.68. The highest BCUT2D eigenvalue weighted by atomic mass is 35.5. The average molecular weight is 438 g/mol. The number of carbonyl (C=O) groups excluding carboxylic acids is 1. The lowest BCUT2D eigenvalue weighted by molar-refractivity contribution is 0.0975. The van der Waals surface area contributed by atoms with Crippen molar-refractivity contribution in [2.24, 2.45) is 0 Å². The van der Waals surface area contributed by atoms with Crippen molar-refractivity contribution in [3.05, 3.63) is 63.5 Å². The summed E-state index contributed by atoms with van der Waals surface area (Å²) in [4.78, 5) is 16.9. The third-order valence-electron chi connectivity index (χ3n) is 3.50. The van der Waals surface area contributed by atoms with Gasteiger partial charge in [-0.25, -0.2) is 4.98 Å². The second-order valence-corrected chi connectivity index (χ2v) is 7.44. The molecule has 0 atom stereocenters. The molecule has 3 rings (SSSR count). The SMILES string of the molecule is COc1ccc(Cl)cc1C(=O)NC(=S)Nc1nc(-c2ccc(Cl)cc2)cs1. The molecule has 0 fully saturated rings. The summed E-state index contributed by atoms with van der Waals surface area (Å²) >= 11 is 18.4. The molecule has 27 heavy (non-hydrogen) atoms. The standard InChI is InChI=1S/C18H13Cl2N3O2S2/c1-25-15-7-6-12(20)8-13(15)16(24)22-17(26)23-18-21-14(9-27-18)10-2-4-11(19)5-3-10/h2-9H,1H3,(H2,21,22,23,24,26). The maximum absolute atomic E-state index is 12.4. The maximum Gasteiger partial charge on any atom is 0.261 e. The largest absolute Gasteiger partial charge is 0.496 e. The van der Waals surface area contributed by atoms with Gasteiger partial charge >= 0.3 is 0 Å². The van der Waals surface area contributed by atoms with Gasteiger partial charge in [0, 0.05) is 21.0 Å². The number of carbonyl (C=O) groups is 1. The summed E-state index contributed by atoms with van der Waals surface area (Å²) in [7, 11) is 1.48. The molecule has 3 aromatic rings. The summed E-state index contributed by atoms with van der Waals surface area (Å²) in [6, 6.07) is 12.1. The van der Waals surface area contributed by atoms with E-state index in [1.165, 1.54) is 24.5 Å². The number of thiazole rings is 1. The first-order valence-electron chi connectivity index (χ1n) is 7.63. The molecule has 0 saturated carbocycles. The fraction of sp³-hybridized carbons (Fsp3) is 0.0556. The number of anilines is 1. The Kier molecular flexibility index (Phi) is 6.28. The van der Waals surface area contributed by atoms with Gasteiger partial charge in [-0.15, -0.1) is 11.3 Å². The molecule has 0 aliphatic heterocycles. The number of hydrogen-bond donors (Lipinski definition) is 2. The van der Waals surface area contributed by atoms with E-state index in [4.69, 9.17) is 40.2 Å². The average Bonchev–Trinajstić information content (AvgIpc) is 3.10. The molecule has 0 bridgehead atoms. The second kappa shape index (κ2) is 8.67. The van der Waals surface area contributed by atoms with Crippen LogP contribution in [0, 0.1) is 0 Å². The molecule has 0 aliphatic carbocycles. The minimum atomic E-state index is -0.429. The zero-order valence-corrected chi connectivity index (χ0v) is 17.1. The molecule has 0 spiro atoms. The van der Waals surface area contributed by atoms with Gasteiger partial charge in [0.25, 0.3) is 5.91 Å². The van der Waals surface area contributed by atoms with E-state index >= 15 is 0 Å². The van der Waals surface area contributed by atoms with E-state index in [-0.39, 0.29) is 10.7 Å². The summed E-state index contributed by atoms with van der Waals surface area (Å²) in [5.74, 6) is -0.0275. The third-order valence-corrected chi connectivity index (χ3v) is 4.95. The Morgan fingerprint density at radius 1 is 1.15 bits per heavy atom. The molecule has 1 heterocycles. The zero-order chi connectivity index (χ0) is 19.4. The van der Waals surface area contributed by atoms with E-state index in [2.05, 4.69) is 15.6 Å². The van der Waals surface area contributed by atoms with Crippen molar-refractivity contribution in [2.45, 2.75) is 0 Å². The molecular weight excluding hydrogens is 425 g/mol. The highest BCUT2D eigenvalue weighted by Gasteiger charge is 2.15. The number of ether oxygens (including phenoxy) is 1. The molecule has 9 heteroatoms. The fourth-order valence-electron chi connectivity index (χ4n) is 2.24. The number of rotatable bonds is 4. The van der Waals surface area contributed by atoms with Crippen molar-refractivity contribution in [3.8, 4) is 17.0 Å². The van der Waals surface area contributed by atoms with Crippen LogP contribution in [0.1, 0.15) is 10.4 Å². The Labute approximate surface area is 175 Å². The van der Waals surface area contributed by atoms with E-state index in [0.717, 1.165) is 11.3 Å². The predicted octanol–water partition coefficient (Wildman–Crippen LogP) is 5.25. The minimum absolute atomic E-state index is 0.124. The van der Waals surface area contributed by atoms with Gasteiger partial charge in [0.2, 0.25) is 0 Å². The Morgan fingerprint density at radius 3 is 2.56 bits per heavy atom. The summed E-state index contributed by atoms with van der Waals surface area (Å²) in [5.41, 5.74) is 2.00. The Hall–Kier alpha value is -2.19. The number of hydrogen-bond acceptors (Lipinski definition) is 5. The van der Waals surface area contributed by atoms with Crippen LogP contribution < -0.4 is 15.4 Å². The Balaban J connectivity index is 1.67. The number of amides is 1. The van der Waals surface area contributed by atoms with Gasteiger partial charge in [-0.3, -0.25) is 10.1 Å². The van der Waals surface area contributed by atoms with Crippen LogP contribution in [0.15, 0.2) is 47.8 Å². The highest BCUT2D eigenvalue weighted by Crippen LogP contribution is 2.26. The van der Waals surface area contributed by atoms with E-state index in [1.807, 2.05) is 17.5 Å². The Morgan fingerprint density at radius 2 is 1.85 bits per heavy atom. The quantitative estimate of drug-likeness (QED) is 0.545. The molecule has 0 aliphatic rings. The van der Waals surface area contributed by atoms with Crippen molar-refractivity contribution in [2.75, 3.05) is 12.4 Å². The summed E-state index contributed by atoms with van der Waals surface area (Å²) in [6.45, 7) is 0. The van der Waals surface area contributed by atoms with E-state index in [0.29, 0.717) is 20.9 Å². The van der Waals surface area contributed by atoms with Crippen LogP contribution in [0.3, 0.4) is 0 Å². The van der Waals surface area contributed by atoms with Gasteiger partial charge in [-0.1, -0.05) is 35.3 Å². The van der Waals surface area contributed by atoms with Crippen molar-refractivity contribution in [1.29, 1.82) is 0 Å². The van der Waals surface area contributed by atoms with Crippen molar-refractivity contribution in [1.82, 2.24) is 10.3 Å². The third kappa shape index (κ3) is 4.95. The molecule has 0 saturated heterocycles. The normalized spacial score (nSPS) is 10.3. The number of aromatic nitrogens is 1. The van der Waals surface area contributed by atoms with Crippen LogP contribution in [0.2, 0.25) is 10.0 Å². The summed E-state index contributed by atoms with van der Waals surface area (Å²) < 4.78 is 5.18. The van der Waals surface area contributed by atoms with Crippen molar-refractivity contribution in [3.63, 3.8) is 0 Å². The number of halogens is 2. The molecule has 1 amide bonds. The van der Waals surface area contributed by atoms with Crippen LogP contribution in [-0.4, -0.2) is 23.1 Å². The lowest BCUT2D eigenvalue weighted by atomic mass is 10.2. The molecule has 0 radical (unpaired) electrons. The van der Waals surface area contributed by atoms with Gasteiger partial charge in [0.05, 0.1) is 18.4 Å². The molecule has 138 valence electrons. The van der Waals surface area contributed by atoms with E-state index < -0.39 is 5.91 Å². The van der Waals surface area contributed by atoms with Crippen molar-refractivity contribution >= 4 is 62.9 Å². The Bertz CT molecular complexity index is 991. The molecular formula is C18H13Cl2N3O2S2. The van der Waals surface area contributed by atoms with E-state index in [9.17, 15) is 4.79 Å². The molecule has 1 aromatic heterocycles. The topological polar surface area (TPSA) is 63.2 Å². The number of thiocarbonyl (C=S) groups is 1. The number of benzene rings is 2. The maximum atomic E-state index is 12.4. The smallest absolute Gasteiger partial charge is 0.261 e. The first kappa shape index (κ1) is 19.6. The number of nitrogens with zero attached hydrogens (tertiary/aromatic N) is 1. The molecule has 2 aromatic carbocycles. The van der Waals surface area contributed by atoms with E-state index in [1.54, 1.807) is 24.3 Å². The fourth-order valence-corrected chi connectivity index (χ4v) is 3.52. The number of nitrogens with one attached hydrogen (secondary N) is 2. The molecule has 2 N–H and O–H groups in total. The van der Waals surface area contributed by atoms with Crippen LogP contribution in [0.4, 0.5) is 5.13 Å². The first-order chi connectivity index (χ1) is 13.0. The van der Waals surface area contributed by atoms with Crippen LogP contribution >= 0.6 is 46.8 Å². The monoisotopic (exact) mass is 437 g/mol. The van der Waals surface area contributed by atoms with Gasteiger partial charge < -0.3 is 10.1 Å². The van der Waals surface area contributed by atoms with Crippen LogP contribution in [-0.2, 0) is 0 Å². The lowest BCUT2D eigenvalue weighted by Gasteiger charge is -2.10. The molecule has 0 unspecified atom stereocenters. The van der Waals surface area contributed by atoms with Crippen LogP contribution in [0.5, 0.6) is 5.75 Å². The lowest BCUT2D eigenvalue weighted by Crippen LogP contribution is -2.34. The van der Waals surface area contributed by atoms with Crippen molar-refractivity contribution < 1.29 is 9.53 Å². The highest BCUT2D eigenvalue weighted by molar-refractivity contribution is 7.80. The minimum Gasteiger partial charge on any atom is -0.496 e. The predicted molar refractivity (Wildman–Crippen MR) is 114 cm³/mol. The zero-order valence-electron chi connectivity index (χ0n) is 14.0. The van der Waals surface area contributed by atoms with Gasteiger partial charge in [-0.2, -0.15) is 0 Å². The van der Waals surface area contributed by atoms with Gasteiger partial charge in [-0.05, 0) is 42.5 Å². The van der Waals surface area contributed by atoms with Gasteiger partial charge in [0.15, 0.2) is 10.2 Å². The molecule has 5 nitrogen and oxygen atoms in total. The van der Waals surface area contributed by atoms with Gasteiger partial charge in [0.1, 0.15) is 5.75 Å². The van der Waals surface area contributed by atoms with Crippen LogP contribution in [0.25, 0.3) is 11.3 Å².